The first-order valence-electron chi connectivity index (χ1n) is 17.5. The minimum absolute atomic E-state index is 0.00743. The molecule has 0 aromatic heterocycles. The van der Waals surface area contributed by atoms with Gasteiger partial charge in [-0.05, 0) is 46.1 Å². The second kappa shape index (κ2) is 16.2. The topological polar surface area (TPSA) is 168 Å². The molecule has 13 heteroatoms. The predicted octanol–water partition coefficient (Wildman–Crippen LogP) is 4.41. The Morgan fingerprint density at radius 1 is 0.887 bits per heavy atom. The molecule has 0 aliphatic carbocycles. The summed E-state index contributed by atoms with van der Waals surface area (Å²) >= 11 is 0. The van der Waals surface area contributed by atoms with E-state index in [0.717, 1.165) is 16.0 Å². The van der Waals surface area contributed by atoms with Crippen LogP contribution < -0.4 is 10.6 Å². The van der Waals surface area contributed by atoms with Gasteiger partial charge in [0.25, 0.3) is 17.7 Å². The summed E-state index contributed by atoms with van der Waals surface area (Å²) in [5, 5.41) is 5.14. The van der Waals surface area contributed by atoms with Gasteiger partial charge in [-0.25, -0.2) is 14.5 Å². The number of hydrogen-bond donors (Lipinski definition) is 2. The number of nitrogens with one attached hydrogen (secondary N) is 2. The van der Waals surface area contributed by atoms with Crippen molar-refractivity contribution in [2.45, 2.75) is 84.7 Å². The molecule has 1 saturated heterocycles. The molecule has 278 valence electrons. The Balaban J connectivity index is 1.18. The van der Waals surface area contributed by atoms with Crippen molar-refractivity contribution < 1.29 is 43.0 Å². The lowest BCUT2D eigenvalue weighted by Gasteiger charge is -2.35. The van der Waals surface area contributed by atoms with Crippen LogP contribution in [0.15, 0.2) is 72.8 Å². The normalized spacial score (nSPS) is 16.3. The summed E-state index contributed by atoms with van der Waals surface area (Å²) in [4.78, 5) is 93.4. The van der Waals surface area contributed by atoms with E-state index in [4.69, 9.17) is 9.47 Å². The number of benzene rings is 3. The minimum atomic E-state index is -1.12. The zero-order valence-corrected chi connectivity index (χ0v) is 30.5. The lowest BCUT2D eigenvalue weighted by molar-refractivity contribution is -0.165. The SMILES string of the molecule is CC(C)[C@@H](NC(=O)OCc1ccccc1)C(=O)OCN1C(=O)CC[C@@H](N2Cc3c(CNC(=O)C(=O)c4ccc(C(C)(C)C)cc4)cccc3C2=O)C1=O. The molecule has 0 radical (unpaired) electrons. The van der Waals surface area contributed by atoms with Gasteiger partial charge in [-0.2, -0.15) is 0 Å². The molecule has 2 aliphatic heterocycles. The van der Waals surface area contributed by atoms with Gasteiger partial charge < -0.3 is 25.0 Å². The van der Waals surface area contributed by atoms with Gasteiger partial charge in [0, 0.05) is 30.6 Å². The third kappa shape index (κ3) is 8.97. The third-order valence-corrected chi connectivity index (χ3v) is 9.35. The van der Waals surface area contributed by atoms with E-state index in [1.54, 1.807) is 68.4 Å². The van der Waals surface area contributed by atoms with Gasteiger partial charge in [-0.15, -0.1) is 0 Å². The maximum atomic E-state index is 13.7. The van der Waals surface area contributed by atoms with Crippen LogP contribution in [0.3, 0.4) is 0 Å². The molecule has 0 bridgehead atoms. The average Bonchev–Trinajstić information content (AvgIpc) is 3.47. The number of ether oxygens (including phenoxy) is 2. The van der Waals surface area contributed by atoms with E-state index in [1.165, 1.54) is 4.90 Å². The number of Topliss-reactive ketones (excluding diaryl/α,β-unsaturated/α-hetero) is 1. The molecule has 5 amide bonds. The molecule has 1 fully saturated rings. The van der Waals surface area contributed by atoms with Gasteiger partial charge in [-0.1, -0.05) is 101 Å². The van der Waals surface area contributed by atoms with Crippen molar-refractivity contribution in [2.75, 3.05) is 6.73 Å². The number of fused-ring (bicyclic) bond motifs is 1. The summed E-state index contributed by atoms with van der Waals surface area (Å²) in [5.74, 6) is -4.46. The summed E-state index contributed by atoms with van der Waals surface area (Å²) in [5.41, 5.74) is 3.47. The second-order valence-electron chi connectivity index (χ2n) is 14.5. The van der Waals surface area contributed by atoms with Crippen molar-refractivity contribution in [3.63, 3.8) is 0 Å². The van der Waals surface area contributed by atoms with Gasteiger partial charge >= 0.3 is 12.1 Å². The van der Waals surface area contributed by atoms with Gasteiger partial charge in [0.05, 0.1) is 0 Å². The first kappa shape index (κ1) is 38.4. The summed E-state index contributed by atoms with van der Waals surface area (Å²) in [6.07, 6.45) is -0.842. The molecule has 2 aliphatic rings. The van der Waals surface area contributed by atoms with Crippen LogP contribution in [-0.2, 0) is 53.8 Å². The Bertz CT molecular complexity index is 1900. The van der Waals surface area contributed by atoms with E-state index < -0.39 is 66.2 Å². The van der Waals surface area contributed by atoms with E-state index >= 15 is 0 Å². The number of carbonyl (C=O) groups is 7. The van der Waals surface area contributed by atoms with Crippen molar-refractivity contribution in [1.29, 1.82) is 0 Å². The summed E-state index contributed by atoms with van der Waals surface area (Å²) < 4.78 is 10.6. The number of likely N-dealkylation sites (tertiary alicyclic amines) is 1. The minimum Gasteiger partial charge on any atom is -0.445 e. The monoisotopic (exact) mass is 724 g/mol. The van der Waals surface area contributed by atoms with Gasteiger partial charge in [-0.3, -0.25) is 24.0 Å². The van der Waals surface area contributed by atoms with E-state index in [9.17, 15) is 33.6 Å². The highest BCUT2D eigenvalue weighted by atomic mass is 16.6. The van der Waals surface area contributed by atoms with Crippen LogP contribution in [0, 0.1) is 5.92 Å². The van der Waals surface area contributed by atoms with Crippen molar-refractivity contribution in [3.05, 3.63) is 106 Å². The summed E-state index contributed by atoms with van der Waals surface area (Å²) in [6, 6.07) is 18.8. The van der Waals surface area contributed by atoms with Crippen LogP contribution in [-0.4, -0.2) is 70.1 Å². The molecule has 2 N–H and O–H groups in total. The molecule has 0 unspecified atom stereocenters. The maximum absolute atomic E-state index is 13.7. The fraction of sp³-hybridized carbons (Fsp3) is 0.375. The molecule has 0 spiro atoms. The molecule has 3 aromatic rings. The summed E-state index contributed by atoms with van der Waals surface area (Å²) in [7, 11) is 0. The van der Waals surface area contributed by atoms with E-state index in [1.807, 2.05) is 18.2 Å². The smallest absolute Gasteiger partial charge is 0.408 e. The molecular weight excluding hydrogens is 680 g/mol. The zero-order chi connectivity index (χ0) is 38.4. The van der Waals surface area contributed by atoms with Gasteiger partial charge in [0.2, 0.25) is 11.7 Å². The largest absolute Gasteiger partial charge is 0.445 e. The number of hydrogen-bond acceptors (Lipinski definition) is 9. The molecule has 2 heterocycles. The Hall–Kier alpha value is -5.85. The quantitative estimate of drug-likeness (QED) is 0.119. The van der Waals surface area contributed by atoms with Crippen LogP contribution in [0.25, 0.3) is 0 Å². The Morgan fingerprint density at radius 2 is 1.58 bits per heavy atom. The van der Waals surface area contributed by atoms with E-state index in [0.29, 0.717) is 16.7 Å². The van der Waals surface area contributed by atoms with E-state index in [-0.39, 0.29) is 43.5 Å². The number of piperidine rings is 1. The van der Waals surface area contributed by atoms with Crippen molar-refractivity contribution >= 4 is 41.5 Å². The molecule has 2 atom stereocenters. The lowest BCUT2D eigenvalue weighted by atomic mass is 9.86. The van der Waals surface area contributed by atoms with Crippen LogP contribution >= 0.6 is 0 Å². The molecule has 5 rings (SSSR count). The van der Waals surface area contributed by atoms with Gasteiger partial charge in [0.15, 0.2) is 6.73 Å². The Labute approximate surface area is 308 Å². The lowest BCUT2D eigenvalue weighted by Crippen LogP contribution is -2.55. The van der Waals surface area contributed by atoms with Crippen molar-refractivity contribution in [1.82, 2.24) is 20.4 Å². The highest BCUT2D eigenvalue weighted by Crippen LogP contribution is 2.31. The first-order valence-corrected chi connectivity index (χ1v) is 17.5. The number of esters is 1. The molecule has 3 aromatic carbocycles. The van der Waals surface area contributed by atoms with Crippen LogP contribution in [0.4, 0.5) is 4.79 Å². The zero-order valence-electron chi connectivity index (χ0n) is 30.5. The van der Waals surface area contributed by atoms with E-state index in [2.05, 4.69) is 31.4 Å². The number of imide groups is 1. The average molecular weight is 725 g/mol. The summed E-state index contributed by atoms with van der Waals surface area (Å²) in [6.45, 7) is 8.83. The molecule has 13 nitrogen and oxygen atoms in total. The maximum Gasteiger partial charge on any atom is 0.408 e. The number of carbonyl (C=O) groups excluding carboxylic acids is 7. The second-order valence-corrected chi connectivity index (χ2v) is 14.5. The number of amides is 5. The molecule has 0 saturated carbocycles. The highest BCUT2D eigenvalue weighted by Gasteiger charge is 2.44. The fourth-order valence-corrected chi connectivity index (χ4v) is 6.20. The van der Waals surface area contributed by atoms with Crippen LogP contribution in [0.1, 0.15) is 90.4 Å². The number of alkyl carbamates (subject to hydrolysis) is 1. The number of ketones is 1. The number of nitrogens with zero attached hydrogens (tertiary/aromatic N) is 2. The third-order valence-electron chi connectivity index (χ3n) is 9.35. The fourth-order valence-electron chi connectivity index (χ4n) is 6.20. The van der Waals surface area contributed by atoms with Crippen molar-refractivity contribution in [2.24, 2.45) is 5.92 Å². The molecular formula is C40H44N4O9. The number of rotatable bonds is 12. The van der Waals surface area contributed by atoms with Gasteiger partial charge in [0.1, 0.15) is 18.7 Å². The first-order chi connectivity index (χ1) is 25.1. The highest BCUT2D eigenvalue weighted by molar-refractivity contribution is 6.42. The van der Waals surface area contributed by atoms with Crippen LogP contribution in [0.2, 0.25) is 0 Å². The Kier molecular flexibility index (Phi) is 11.7. The van der Waals surface area contributed by atoms with Crippen LogP contribution in [0.5, 0.6) is 0 Å². The van der Waals surface area contributed by atoms with Crippen molar-refractivity contribution in [3.8, 4) is 0 Å². The Morgan fingerprint density at radius 3 is 2.25 bits per heavy atom. The molecule has 53 heavy (non-hydrogen) atoms. The predicted molar refractivity (Wildman–Crippen MR) is 192 cm³/mol. The standard InChI is InChI=1S/C40H44N4O9/c1-24(2)33(42-39(51)52-22-25-10-7-6-8-11-25)38(50)53-23-44-32(45)19-18-31(37(44)49)43-21-30-27(12-9-13-29(30)36(43)48)20-41-35(47)34(46)26-14-16-28(17-15-26)40(3,4)5/h6-17,24,31,33H,18-23H2,1-5H3,(H,41,47)(H,42,51)/t31-,33-/m1/s1.